The van der Waals surface area contributed by atoms with Gasteiger partial charge in [-0.05, 0) is 125 Å². The van der Waals surface area contributed by atoms with Gasteiger partial charge in [0.2, 0.25) is 11.8 Å². The summed E-state index contributed by atoms with van der Waals surface area (Å²) in [5.41, 5.74) is 2.29. The van der Waals surface area contributed by atoms with Gasteiger partial charge < -0.3 is 20.3 Å². The minimum atomic E-state index is -3.16. The highest BCUT2D eigenvalue weighted by Gasteiger charge is 2.47. The summed E-state index contributed by atoms with van der Waals surface area (Å²) in [6.45, 7) is 4.83. The Labute approximate surface area is 362 Å². The summed E-state index contributed by atoms with van der Waals surface area (Å²) in [6.07, 6.45) is 10.6. The molecule has 326 valence electrons. The van der Waals surface area contributed by atoms with Crippen LogP contribution in [0.15, 0.2) is 48.5 Å². The Morgan fingerprint density at radius 1 is 0.952 bits per heavy atom. The number of likely N-dealkylation sites (tertiary alicyclic amines) is 1. The Kier molecular flexibility index (Phi) is 11.3. The number of halogens is 2. The fourth-order valence-corrected chi connectivity index (χ4v) is 11.6. The summed E-state index contributed by atoms with van der Waals surface area (Å²) < 4.78 is 34.2. The van der Waals surface area contributed by atoms with Crippen molar-refractivity contribution in [2.45, 2.75) is 95.4 Å². The largest absolute Gasteiger partial charge is 0.494 e. The molecule has 1 atom stereocenters. The lowest BCUT2D eigenvalue weighted by molar-refractivity contribution is -0.136. The van der Waals surface area contributed by atoms with Gasteiger partial charge in [0.25, 0.3) is 23.6 Å². The lowest BCUT2D eigenvalue weighted by atomic mass is 9.57. The predicted octanol–water partition coefficient (Wildman–Crippen LogP) is 7.73. The summed E-state index contributed by atoms with van der Waals surface area (Å²) in [7, 11) is 1.52. The molecule has 2 aromatic heterocycles. The SMILES string of the molecule is COc1cc2nc(C3CCC(CN4CCC5(CC4)CC(CCNc4cccc6c4C(=O)N(C4CCC(=O)NC4=O)C6=O)C5)CC3)sc2cc1NC(=O)c1cccc(C(C)(F)F)n1. The fourth-order valence-electron chi connectivity index (χ4n) is 10.4. The lowest BCUT2D eigenvalue weighted by Gasteiger charge is -2.53. The maximum Gasteiger partial charge on any atom is 0.287 e. The predicted molar refractivity (Wildman–Crippen MR) is 230 cm³/mol. The number of thiazole rings is 1. The number of imide groups is 2. The summed E-state index contributed by atoms with van der Waals surface area (Å²) in [5.74, 6) is -3.66. The van der Waals surface area contributed by atoms with E-state index in [4.69, 9.17) is 9.72 Å². The van der Waals surface area contributed by atoms with Gasteiger partial charge in [0.15, 0.2) is 0 Å². The van der Waals surface area contributed by atoms with Gasteiger partial charge in [-0.25, -0.2) is 9.97 Å². The number of rotatable bonds is 12. The number of aromatic nitrogens is 2. The molecule has 5 aliphatic rings. The van der Waals surface area contributed by atoms with Crippen molar-refractivity contribution in [2.75, 3.05) is 43.9 Å². The molecule has 5 heterocycles. The zero-order chi connectivity index (χ0) is 43.3. The lowest BCUT2D eigenvalue weighted by Crippen LogP contribution is -2.54. The van der Waals surface area contributed by atoms with Crippen molar-refractivity contribution in [2.24, 2.45) is 17.3 Å². The number of nitrogens with one attached hydrogen (secondary N) is 3. The number of ether oxygens (including phenoxy) is 1. The van der Waals surface area contributed by atoms with Gasteiger partial charge in [0.1, 0.15) is 23.2 Å². The normalized spacial score (nSPS) is 23.0. The topological polar surface area (TPSA) is 163 Å². The van der Waals surface area contributed by atoms with E-state index in [1.807, 2.05) is 18.2 Å². The van der Waals surface area contributed by atoms with Crippen molar-refractivity contribution in [3.05, 3.63) is 76.1 Å². The molecule has 0 bridgehead atoms. The van der Waals surface area contributed by atoms with Gasteiger partial charge in [0.05, 0.1) is 39.1 Å². The van der Waals surface area contributed by atoms with E-state index in [2.05, 4.69) is 25.8 Å². The Bertz CT molecular complexity index is 2430. The van der Waals surface area contributed by atoms with E-state index < -0.39 is 47.2 Å². The summed E-state index contributed by atoms with van der Waals surface area (Å²) in [5, 5.41) is 9.55. The number of methoxy groups -OCH3 is 1. The molecule has 9 rings (SSSR count). The Morgan fingerprint density at radius 2 is 1.71 bits per heavy atom. The van der Waals surface area contributed by atoms with E-state index in [0.29, 0.717) is 52.4 Å². The number of amides is 5. The van der Waals surface area contributed by atoms with Gasteiger partial charge in [0, 0.05) is 44.1 Å². The first-order chi connectivity index (χ1) is 29.8. The number of alkyl halides is 2. The van der Waals surface area contributed by atoms with Crippen LogP contribution >= 0.6 is 11.3 Å². The summed E-state index contributed by atoms with van der Waals surface area (Å²) >= 11 is 1.63. The molecular weight excluding hydrogens is 817 g/mol. The van der Waals surface area contributed by atoms with Crippen LogP contribution in [0, 0.1) is 17.3 Å². The van der Waals surface area contributed by atoms with Crippen LogP contribution in [0.25, 0.3) is 10.2 Å². The van der Waals surface area contributed by atoms with Crippen LogP contribution in [-0.4, -0.2) is 88.6 Å². The van der Waals surface area contributed by atoms with Crippen molar-refractivity contribution in [1.29, 1.82) is 0 Å². The average Bonchev–Trinajstić information content (AvgIpc) is 3.77. The molecule has 0 radical (unpaired) electrons. The summed E-state index contributed by atoms with van der Waals surface area (Å²) in [4.78, 5) is 76.4. The minimum absolute atomic E-state index is 0.0880. The third-order valence-corrected chi connectivity index (χ3v) is 15.0. The smallest absolute Gasteiger partial charge is 0.287 e. The molecule has 3 N–H and O–H groups in total. The van der Waals surface area contributed by atoms with E-state index in [0.717, 1.165) is 78.8 Å². The number of nitrogens with zero attached hydrogens (tertiary/aromatic N) is 4. The third kappa shape index (κ3) is 8.30. The van der Waals surface area contributed by atoms with Crippen molar-refractivity contribution < 1.29 is 37.5 Å². The van der Waals surface area contributed by atoms with E-state index in [9.17, 15) is 32.8 Å². The first-order valence-electron chi connectivity index (χ1n) is 21.7. The molecule has 13 nitrogen and oxygen atoms in total. The number of pyridine rings is 1. The molecule has 2 aliphatic carbocycles. The summed E-state index contributed by atoms with van der Waals surface area (Å²) in [6, 6.07) is 11.9. The number of piperidine rings is 2. The maximum atomic E-state index is 13.9. The second kappa shape index (κ2) is 16.7. The number of hydrogen-bond donors (Lipinski definition) is 3. The van der Waals surface area contributed by atoms with Crippen LogP contribution in [0.2, 0.25) is 0 Å². The van der Waals surface area contributed by atoms with Crippen LogP contribution in [-0.2, 0) is 15.5 Å². The molecule has 3 aliphatic heterocycles. The molecule has 4 fully saturated rings. The van der Waals surface area contributed by atoms with Crippen LogP contribution < -0.4 is 20.7 Å². The number of hydrogen-bond acceptors (Lipinski definition) is 11. The number of benzene rings is 2. The van der Waals surface area contributed by atoms with Crippen molar-refractivity contribution in [3.8, 4) is 5.75 Å². The average molecular weight is 868 g/mol. The molecule has 2 saturated carbocycles. The molecule has 4 aromatic rings. The van der Waals surface area contributed by atoms with Crippen LogP contribution in [0.3, 0.4) is 0 Å². The van der Waals surface area contributed by atoms with Gasteiger partial charge >= 0.3 is 0 Å². The number of anilines is 2. The first-order valence-corrected chi connectivity index (χ1v) is 22.5. The molecule has 5 amide bonds. The zero-order valence-corrected chi connectivity index (χ0v) is 35.8. The molecule has 2 aromatic carbocycles. The Hall–Kier alpha value is -5.35. The quantitative estimate of drug-likeness (QED) is 0.120. The Balaban J connectivity index is 0.715. The van der Waals surface area contributed by atoms with E-state index in [1.54, 1.807) is 23.5 Å². The first kappa shape index (κ1) is 42.0. The van der Waals surface area contributed by atoms with Crippen LogP contribution in [0.4, 0.5) is 20.2 Å². The molecule has 16 heteroatoms. The van der Waals surface area contributed by atoms with Crippen LogP contribution in [0.1, 0.15) is 125 Å². The van der Waals surface area contributed by atoms with Gasteiger partial charge in [-0.15, -0.1) is 11.3 Å². The molecule has 2 saturated heterocycles. The van der Waals surface area contributed by atoms with Crippen LogP contribution in [0.5, 0.6) is 5.75 Å². The number of carbonyl (C=O) groups is 5. The van der Waals surface area contributed by atoms with E-state index in [1.165, 1.54) is 51.0 Å². The number of carbonyl (C=O) groups excluding carboxylic acids is 5. The van der Waals surface area contributed by atoms with Crippen molar-refractivity contribution in [3.63, 3.8) is 0 Å². The highest BCUT2D eigenvalue weighted by Crippen LogP contribution is 2.54. The third-order valence-electron chi connectivity index (χ3n) is 13.8. The molecule has 62 heavy (non-hydrogen) atoms. The molecule has 1 spiro atoms. The maximum absolute atomic E-state index is 13.9. The second-order valence-electron chi connectivity index (χ2n) is 18.0. The molecule has 1 unspecified atom stereocenters. The molecular formula is C46H51F2N7O6S. The minimum Gasteiger partial charge on any atom is -0.494 e. The van der Waals surface area contributed by atoms with E-state index in [-0.39, 0.29) is 24.1 Å². The van der Waals surface area contributed by atoms with Crippen molar-refractivity contribution >= 4 is 62.5 Å². The van der Waals surface area contributed by atoms with E-state index >= 15 is 0 Å². The number of fused-ring (bicyclic) bond motifs is 2. The standard InChI is InChI=1S/C46H51F2N7O6S/c1-45(47,48)37-8-4-7-31(50-37)40(57)51-32-22-36-33(21-35(32)61-2)52-42(62-36)28-11-9-26(10-12-28)25-54-19-16-46(17-20-54)23-27(24-46)15-18-49-30-6-3-5-29-39(30)44(60)55(43(29)59)34-13-14-38(56)53-41(34)58/h3-8,21-22,26-28,34,49H,9-20,23-25H2,1-2H3,(H,51,57)(H,53,56,58). The second-order valence-corrected chi connectivity index (χ2v) is 19.1. The highest BCUT2D eigenvalue weighted by atomic mass is 32.1. The van der Waals surface area contributed by atoms with Crippen molar-refractivity contribution in [1.82, 2.24) is 25.1 Å². The van der Waals surface area contributed by atoms with Gasteiger partial charge in [-0.2, -0.15) is 8.78 Å². The highest BCUT2D eigenvalue weighted by molar-refractivity contribution is 7.18. The monoisotopic (exact) mass is 867 g/mol. The zero-order valence-electron chi connectivity index (χ0n) is 34.9. The van der Waals surface area contributed by atoms with Gasteiger partial charge in [-0.3, -0.25) is 34.2 Å². The van der Waals surface area contributed by atoms with Gasteiger partial charge in [-0.1, -0.05) is 12.1 Å². The Morgan fingerprint density at radius 3 is 2.44 bits per heavy atom. The fraction of sp³-hybridized carbons (Fsp3) is 0.500.